The molecule has 0 aromatic carbocycles. The Bertz CT molecular complexity index is 1380. The summed E-state index contributed by atoms with van der Waals surface area (Å²) in [7, 11) is 0. The van der Waals surface area contributed by atoms with Crippen LogP contribution in [0.1, 0.15) is 47.7 Å². The summed E-state index contributed by atoms with van der Waals surface area (Å²) >= 11 is 0. The molecular weight excluding hydrogens is 551 g/mol. The fourth-order valence-corrected chi connectivity index (χ4v) is 3.17. The van der Waals surface area contributed by atoms with Crippen molar-refractivity contribution in [2.75, 3.05) is 0 Å². The van der Waals surface area contributed by atoms with E-state index in [1.807, 2.05) is 0 Å². The van der Waals surface area contributed by atoms with Crippen LogP contribution >= 0.6 is 13.5 Å². The highest BCUT2D eigenvalue weighted by atomic mass is 32.1. The van der Waals surface area contributed by atoms with Crippen LogP contribution in [0.4, 0.5) is 30.7 Å². The van der Waals surface area contributed by atoms with Crippen molar-refractivity contribution < 1.29 is 45.4 Å². The van der Waals surface area contributed by atoms with Gasteiger partial charge in [-0.25, -0.2) is 22.4 Å². The maximum absolute atomic E-state index is 15.0. The van der Waals surface area contributed by atoms with Crippen LogP contribution in [-0.2, 0) is 19.6 Å². The fraction of sp³-hybridized carbons (Fsp3) is 0.381. The molecule has 0 saturated heterocycles. The van der Waals surface area contributed by atoms with Crippen molar-refractivity contribution >= 4 is 19.3 Å². The maximum atomic E-state index is 15.0. The van der Waals surface area contributed by atoms with E-state index in [0.717, 1.165) is 4.57 Å². The minimum atomic E-state index is -4.95. The molecule has 3 aromatic heterocycles. The Morgan fingerprint density at radius 1 is 1.18 bits per heavy atom. The second-order valence-corrected chi connectivity index (χ2v) is 7.56. The minimum absolute atomic E-state index is 0. The van der Waals surface area contributed by atoms with Gasteiger partial charge in [0.05, 0.1) is 11.8 Å². The number of aliphatic hydroxyl groups excluding tert-OH is 1. The van der Waals surface area contributed by atoms with Gasteiger partial charge in [-0.05, 0) is 31.5 Å². The number of nitrogens with zero attached hydrogens (tertiary/aromatic N) is 5. The molecule has 0 amide bonds. The van der Waals surface area contributed by atoms with Crippen molar-refractivity contribution in [3.05, 3.63) is 63.1 Å². The van der Waals surface area contributed by atoms with E-state index in [1.165, 1.54) is 6.92 Å². The zero-order chi connectivity index (χ0) is 27.7. The highest BCUT2D eigenvalue weighted by molar-refractivity contribution is 7.59. The molecule has 0 radical (unpaired) electrons. The molecule has 0 aliphatic carbocycles. The summed E-state index contributed by atoms with van der Waals surface area (Å²) in [6, 6.07) is 0.995. The number of aromatic nitrogens is 5. The van der Waals surface area contributed by atoms with E-state index in [-0.39, 0.29) is 25.9 Å². The fourth-order valence-electron chi connectivity index (χ4n) is 3.17. The van der Waals surface area contributed by atoms with Gasteiger partial charge in [-0.2, -0.15) is 36.3 Å². The zero-order valence-electron chi connectivity index (χ0n) is 19.6. The molecule has 3 aromatic rings. The van der Waals surface area contributed by atoms with Crippen molar-refractivity contribution in [3.63, 3.8) is 0 Å². The van der Waals surface area contributed by atoms with Gasteiger partial charge >= 0.3 is 11.9 Å². The molecule has 0 spiro atoms. The number of pyridine rings is 2. The first-order valence-corrected chi connectivity index (χ1v) is 10.5. The molecule has 1 N–H and O–H groups in total. The Labute approximate surface area is 216 Å². The van der Waals surface area contributed by atoms with Crippen molar-refractivity contribution in [1.29, 1.82) is 0 Å². The van der Waals surface area contributed by atoms with Gasteiger partial charge < -0.3 is 9.84 Å². The normalized spacial score (nSPS) is 12.4. The number of hydrogen-bond acceptors (Lipinski definition) is 7. The third kappa shape index (κ3) is 6.32. The second kappa shape index (κ2) is 11.9. The van der Waals surface area contributed by atoms with Crippen molar-refractivity contribution in [2.45, 2.75) is 52.1 Å². The molecule has 3 rings (SSSR count). The summed E-state index contributed by atoms with van der Waals surface area (Å²) in [5, 5.41) is 13.1. The molecular formula is C21H20F7N5O4S. The van der Waals surface area contributed by atoms with Gasteiger partial charge in [0.25, 0.3) is 6.43 Å². The number of hydrogen-bond donors (Lipinski definition) is 1. The number of carbonyl (C=O) groups is 1. The SMILES string of the molecule is CCn1c(CO)nn(-c2nc(O[C@@H](C)C(F)(F)F)c(C(=O)Cc3cc(C(F)F)ncc3F)cc2F)c1=O.S. The number of rotatable bonds is 9. The standard InChI is InChI=1S/C21H18F7N5O4.H2S/c1-3-32-16(8-34)31-33(20(32)36)18-12(22)6-11(19(30-18)37-9(2)21(26,27)28)15(35)5-10-4-14(17(24)25)29-7-13(10)23;/h4,6-7,9,17,34H,3,5,8H2,1-2H3;1H2/t9-;/m0./s1. The van der Waals surface area contributed by atoms with E-state index in [9.17, 15) is 41.0 Å². The number of alkyl halides is 5. The van der Waals surface area contributed by atoms with Gasteiger partial charge in [0.15, 0.2) is 29.3 Å². The Kier molecular flexibility index (Phi) is 9.66. The number of aliphatic hydroxyl groups is 1. The lowest BCUT2D eigenvalue weighted by molar-refractivity contribution is -0.190. The molecule has 208 valence electrons. The van der Waals surface area contributed by atoms with E-state index in [0.29, 0.717) is 29.9 Å². The second-order valence-electron chi connectivity index (χ2n) is 7.56. The third-order valence-electron chi connectivity index (χ3n) is 5.10. The maximum Gasteiger partial charge on any atom is 0.425 e. The van der Waals surface area contributed by atoms with Gasteiger partial charge in [-0.15, -0.1) is 5.10 Å². The predicted molar refractivity (Wildman–Crippen MR) is 121 cm³/mol. The average Bonchev–Trinajstić information content (AvgIpc) is 3.15. The van der Waals surface area contributed by atoms with Crippen LogP contribution in [0, 0.1) is 11.6 Å². The molecule has 1 atom stereocenters. The van der Waals surface area contributed by atoms with Gasteiger partial charge in [0.1, 0.15) is 18.1 Å². The van der Waals surface area contributed by atoms with E-state index < -0.39 is 83.4 Å². The molecule has 3 heterocycles. The molecule has 0 unspecified atom stereocenters. The van der Waals surface area contributed by atoms with Crippen LogP contribution in [0.25, 0.3) is 5.82 Å². The molecule has 38 heavy (non-hydrogen) atoms. The van der Waals surface area contributed by atoms with Crippen LogP contribution in [0.5, 0.6) is 5.88 Å². The van der Waals surface area contributed by atoms with Crippen molar-refractivity contribution in [2.24, 2.45) is 0 Å². The van der Waals surface area contributed by atoms with E-state index in [1.54, 1.807) is 0 Å². The van der Waals surface area contributed by atoms with Crippen LogP contribution in [0.3, 0.4) is 0 Å². The summed E-state index contributed by atoms with van der Waals surface area (Å²) in [4.78, 5) is 32.2. The summed E-state index contributed by atoms with van der Waals surface area (Å²) < 4.78 is 101. The summed E-state index contributed by atoms with van der Waals surface area (Å²) in [6.45, 7) is 1.34. The number of carbonyl (C=O) groups excluding carboxylic acids is 1. The Hall–Kier alpha value is -3.47. The van der Waals surface area contributed by atoms with Crippen LogP contribution < -0.4 is 10.4 Å². The Balaban J connectivity index is 0.00000507. The molecule has 0 aliphatic rings. The molecule has 9 nitrogen and oxygen atoms in total. The first-order chi connectivity index (χ1) is 17.3. The molecule has 0 fully saturated rings. The molecule has 17 heteroatoms. The average molecular weight is 571 g/mol. The zero-order valence-corrected chi connectivity index (χ0v) is 20.6. The summed E-state index contributed by atoms with van der Waals surface area (Å²) in [6.07, 6.45) is -11.2. The lowest BCUT2D eigenvalue weighted by Crippen LogP contribution is -2.32. The van der Waals surface area contributed by atoms with Crippen molar-refractivity contribution in [3.8, 4) is 11.7 Å². The predicted octanol–water partition coefficient (Wildman–Crippen LogP) is 3.42. The highest BCUT2D eigenvalue weighted by Gasteiger charge is 2.39. The smallest absolute Gasteiger partial charge is 0.425 e. The summed E-state index contributed by atoms with van der Waals surface area (Å²) in [5.74, 6) is -6.01. The van der Waals surface area contributed by atoms with Crippen LogP contribution in [0.15, 0.2) is 23.1 Å². The van der Waals surface area contributed by atoms with Crippen molar-refractivity contribution in [1.82, 2.24) is 24.3 Å². The van der Waals surface area contributed by atoms with Crippen LogP contribution in [0.2, 0.25) is 0 Å². The lowest BCUT2D eigenvalue weighted by atomic mass is 10.0. The van der Waals surface area contributed by atoms with E-state index in [4.69, 9.17) is 4.74 Å². The minimum Gasteiger partial charge on any atom is -0.464 e. The van der Waals surface area contributed by atoms with Gasteiger partial charge in [-0.3, -0.25) is 14.3 Å². The number of halogens is 7. The lowest BCUT2D eigenvalue weighted by Gasteiger charge is -2.19. The van der Waals surface area contributed by atoms with E-state index >= 15 is 4.39 Å². The summed E-state index contributed by atoms with van der Waals surface area (Å²) in [5.41, 5.74) is -3.32. The number of ether oxygens (including phenoxy) is 1. The Morgan fingerprint density at radius 3 is 2.37 bits per heavy atom. The van der Waals surface area contributed by atoms with Gasteiger partial charge in [0.2, 0.25) is 5.88 Å². The third-order valence-corrected chi connectivity index (χ3v) is 5.10. The largest absolute Gasteiger partial charge is 0.464 e. The number of ketones is 1. The molecule has 0 saturated carbocycles. The monoisotopic (exact) mass is 571 g/mol. The first kappa shape index (κ1) is 30.8. The highest BCUT2D eigenvalue weighted by Crippen LogP contribution is 2.29. The molecule has 0 aliphatic heterocycles. The topological polar surface area (TPSA) is 112 Å². The Morgan fingerprint density at radius 2 is 1.84 bits per heavy atom. The van der Waals surface area contributed by atoms with Gasteiger partial charge in [0, 0.05) is 13.0 Å². The number of Topliss-reactive ketones (excluding diaryl/α,β-unsaturated/α-hetero) is 1. The first-order valence-electron chi connectivity index (χ1n) is 10.5. The van der Waals surface area contributed by atoms with E-state index in [2.05, 4.69) is 15.1 Å². The van der Waals surface area contributed by atoms with Gasteiger partial charge in [-0.1, -0.05) is 0 Å². The van der Waals surface area contributed by atoms with Crippen LogP contribution in [-0.4, -0.2) is 47.5 Å². The molecule has 0 bridgehead atoms. The quantitative estimate of drug-likeness (QED) is 0.310.